The highest BCUT2D eigenvalue weighted by Crippen LogP contribution is 2.36. The van der Waals surface area contributed by atoms with Gasteiger partial charge in [0.15, 0.2) is 9.84 Å². The molecule has 2 aliphatic rings. The molecule has 4 nitrogen and oxygen atoms in total. The molecule has 2 fully saturated rings. The molecule has 0 N–H and O–H groups in total. The quantitative estimate of drug-likeness (QED) is 0.589. The zero-order chi connectivity index (χ0) is 15.9. The Labute approximate surface area is 143 Å². The van der Waals surface area contributed by atoms with E-state index in [-0.39, 0.29) is 23.5 Å². The molecule has 1 unspecified atom stereocenters. The fourth-order valence-electron chi connectivity index (χ4n) is 2.51. The average Bonchev–Trinajstić information content (AvgIpc) is 2.92. The Bertz CT molecular complexity index is 788. The molecule has 8 heteroatoms. The lowest BCUT2D eigenvalue weighted by Crippen LogP contribution is -2.39. The van der Waals surface area contributed by atoms with Crippen LogP contribution in [0.5, 0.6) is 0 Å². The molecule has 0 spiro atoms. The first-order chi connectivity index (χ1) is 10.4. The smallest absolute Gasteiger partial charge is 0.266 e. The van der Waals surface area contributed by atoms with Crippen LogP contribution in [0.2, 0.25) is 5.02 Å². The Hall–Kier alpha value is -0.890. The molecule has 0 saturated carbocycles. The summed E-state index contributed by atoms with van der Waals surface area (Å²) >= 11 is 12.5. The molecule has 2 aliphatic heterocycles. The minimum atomic E-state index is -3.07. The standard InChI is InChI=1S/C14H12ClNO3S3/c15-11-4-2-1-3-9(11)7-12-13(17)16(14(20)21-12)10-5-6-22(18,19)8-10/h1-4,7,10H,5-6,8H2/b12-7+. The van der Waals surface area contributed by atoms with Gasteiger partial charge in [0.25, 0.3) is 5.91 Å². The lowest BCUT2D eigenvalue weighted by atomic mass is 10.2. The third-order valence-electron chi connectivity index (χ3n) is 3.59. The van der Waals surface area contributed by atoms with Crippen molar-refractivity contribution < 1.29 is 13.2 Å². The maximum Gasteiger partial charge on any atom is 0.266 e. The van der Waals surface area contributed by atoms with E-state index in [0.717, 1.165) is 5.56 Å². The number of halogens is 1. The second-order valence-corrected chi connectivity index (χ2v) is 9.44. The summed E-state index contributed by atoms with van der Waals surface area (Å²) < 4.78 is 23.6. The molecule has 0 aromatic heterocycles. The van der Waals surface area contributed by atoms with Crippen LogP contribution >= 0.6 is 35.6 Å². The van der Waals surface area contributed by atoms with E-state index in [1.54, 1.807) is 12.1 Å². The van der Waals surface area contributed by atoms with E-state index < -0.39 is 9.84 Å². The molecule has 2 heterocycles. The van der Waals surface area contributed by atoms with Gasteiger partial charge in [-0.25, -0.2) is 8.42 Å². The van der Waals surface area contributed by atoms with Gasteiger partial charge in [-0.1, -0.05) is 53.8 Å². The van der Waals surface area contributed by atoms with Crippen molar-refractivity contribution in [3.8, 4) is 0 Å². The number of carbonyl (C=O) groups excluding carboxylic acids is 1. The van der Waals surface area contributed by atoms with Crippen LogP contribution in [0.25, 0.3) is 6.08 Å². The lowest BCUT2D eigenvalue weighted by Gasteiger charge is -2.20. The fourth-order valence-corrected chi connectivity index (χ4v) is 5.79. The first-order valence-corrected chi connectivity index (χ1v) is 10.0. The Morgan fingerprint density at radius 2 is 2.09 bits per heavy atom. The van der Waals surface area contributed by atoms with Crippen molar-refractivity contribution in [3.63, 3.8) is 0 Å². The van der Waals surface area contributed by atoms with Crippen LogP contribution in [0.1, 0.15) is 12.0 Å². The van der Waals surface area contributed by atoms with Crippen molar-refractivity contribution in [2.75, 3.05) is 11.5 Å². The summed E-state index contributed by atoms with van der Waals surface area (Å²) in [5, 5.41) is 0.552. The van der Waals surface area contributed by atoms with Gasteiger partial charge >= 0.3 is 0 Å². The predicted molar refractivity (Wildman–Crippen MR) is 93.5 cm³/mol. The average molecular weight is 374 g/mol. The Morgan fingerprint density at radius 1 is 1.36 bits per heavy atom. The van der Waals surface area contributed by atoms with Gasteiger partial charge in [-0.05, 0) is 24.1 Å². The van der Waals surface area contributed by atoms with Crippen LogP contribution in [-0.2, 0) is 14.6 Å². The largest absolute Gasteiger partial charge is 0.289 e. The number of carbonyl (C=O) groups is 1. The molecule has 1 aromatic carbocycles. The number of thiocarbonyl (C=S) groups is 1. The predicted octanol–water partition coefficient (Wildman–Crippen LogP) is 2.73. The van der Waals surface area contributed by atoms with Crippen LogP contribution in [0.15, 0.2) is 29.2 Å². The molecule has 0 bridgehead atoms. The molecule has 0 radical (unpaired) electrons. The number of sulfone groups is 1. The number of hydrogen-bond donors (Lipinski definition) is 0. The van der Waals surface area contributed by atoms with Crippen molar-refractivity contribution >= 4 is 61.7 Å². The van der Waals surface area contributed by atoms with E-state index in [4.69, 9.17) is 23.8 Å². The van der Waals surface area contributed by atoms with Crippen molar-refractivity contribution in [2.24, 2.45) is 0 Å². The number of thioether (sulfide) groups is 1. The Morgan fingerprint density at radius 3 is 2.73 bits per heavy atom. The third kappa shape index (κ3) is 3.08. The number of rotatable bonds is 2. The second kappa shape index (κ2) is 5.96. The van der Waals surface area contributed by atoms with E-state index in [1.165, 1.54) is 16.7 Å². The van der Waals surface area contributed by atoms with Crippen molar-refractivity contribution in [2.45, 2.75) is 12.5 Å². The van der Waals surface area contributed by atoms with Gasteiger partial charge in [-0.15, -0.1) is 0 Å². The maximum atomic E-state index is 12.5. The van der Waals surface area contributed by atoms with Crippen LogP contribution in [-0.4, -0.2) is 41.1 Å². The number of hydrogen-bond acceptors (Lipinski definition) is 5. The number of amides is 1. The minimum Gasteiger partial charge on any atom is -0.289 e. The van der Waals surface area contributed by atoms with Crippen molar-refractivity contribution in [3.05, 3.63) is 39.8 Å². The molecule has 1 amide bonds. The van der Waals surface area contributed by atoms with E-state index >= 15 is 0 Å². The van der Waals surface area contributed by atoms with Gasteiger partial charge in [0.2, 0.25) is 0 Å². The van der Waals surface area contributed by atoms with Gasteiger partial charge in [-0.2, -0.15) is 0 Å². The molecule has 2 saturated heterocycles. The summed E-state index contributed by atoms with van der Waals surface area (Å²) in [4.78, 5) is 14.5. The SMILES string of the molecule is O=C1/C(=C\c2ccccc2Cl)SC(=S)N1C1CCS(=O)(=O)C1. The topological polar surface area (TPSA) is 54.5 Å². The van der Waals surface area contributed by atoms with E-state index in [1.807, 2.05) is 18.2 Å². The Balaban J connectivity index is 1.88. The van der Waals surface area contributed by atoms with Gasteiger partial charge in [0.05, 0.1) is 22.5 Å². The minimum absolute atomic E-state index is 0.0151. The van der Waals surface area contributed by atoms with Crippen LogP contribution < -0.4 is 0 Å². The highest BCUT2D eigenvalue weighted by molar-refractivity contribution is 8.26. The third-order valence-corrected chi connectivity index (χ3v) is 7.01. The number of nitrogens with zero attached hydrogens (tertiary/aromatic N) is 1. The van der Waals surface area contributed by atoms with Crippen molar-refractivity contribution in [1.82, 2.24) is 4.90 Å². The van der Waals surface area contributed by atoms with E-state index in [9.17, 15) is 13.2 Å². The van der Waals surface area contributed by atoms with Crippen LogP contribution in [0, 0.1) is 0 Å². The number of benzene rings is 1. The monoisotopic (exact) mass is 373 g/mol. The van der Waals surface area contributed by atoms with Gasteiger partial charge in [0, 0.05) is 5.02 Å². The molecular formula is C14H12ClNO3S3. The zero-order valence-corrected chi connectivity index (χ0v) is 14.6. The molecule has 1 atom stereocenters. The summed E-state index contributed by atoms with van der Waals surface area (Å²) in [6.45, 7) is 0. The molecule has 0 aliphatic carbocycles. The zero-order valence-electron chi connectivity index (χ0n) is 11.4. The van der Waals surface area contributed by atoms with Crippen molar-refractivity contribution in [1.29, 1.82) is 0 Å². The fraction of sp³-hybridized carbons (Fsp3) is 0.286. The van der Waals surface area contributed by atoms with Gasteiger partial charge < -0.3 is 0 Å². The summed E-state index contributed by atoms with van der Waals surface area (Å²) in [5.74, 6) is -0.145. The second-order valence-electron chi connectivity index (χ2n) is 5.13. The van der Waals surface area contributed by atoms with Gasteiger partial charge in [-0.3, -0.25) is 9.69 Å². The molecular weight excluding hydrogens is 362 g/mol. The first kappa shape index (κ1) is 16.0. The van der Waals surface area contributed by atoms with E-state index in [0.29, 0.717) is 20.7 Å². The summed E-state index contributed by atoms with van der Waals surface area (Å²) in [5.41, 5.74) is 0.740. The highest BCUT2D eigenvalue weighted by Gasteiger charge is 2.42. The van der Waals surface area contributed by atoms with E-state index in [2.05, 4.69) is 0 Å². The van der Waals surface area contributed by atoms with Crippen LogP contribution in [0.4, 0.5) is 0 Å². The summed E-state index contributed by atoms with van der Waals surface area (Å²) in [7, 11) is -3.07. The lowest BCUT2D eigenvalue weighted by molar-refractivity contribution is -0.123. The van der Waals surface area contributed by atoms with Gasteiger partial charge in [0.1, 0.15) is 4.32 Å². The van der Waals surface area contributed by atoms with Crippen LogP contribution in [0.3, 0.4) is 0 Å². The normalized spacial score (nSPS) is 26.1. The first-order valence-electron chi connectivity index (χ1n) is 6.59. The maximum absolute atomic E-state index is 12.5. The molecule has 22 heavy (non-hydrogen) atoms. The Kier molecular flexibility index (Phi) is 4.33. The summed E-state index contributed by atoms with van der Waals surface area (Å²) in [6.07, 6.45) is 2.14. The molecule has 116 valence electrons. The molecule has 3 rings (SSSR count). The summed E-state index contributed by atoms with van der Waals surface area (Å²) in [6, 6.07) is 6.86. The highest BCUT2D eigenvalue weighted by atomic mass is 35.5. The molecule has 1 aromatic rings.